The van der Waals surface area contributed by atoms with Gasteiger partial charge in [0.1, 0.15) is 11.4 Å². The first-order valence-corrected chi connectivity index (χ1v) is 9.46. The lowest BCUT2D eigenvalue weighted by atomic mass is 10.2. The van der Waals surface area contributed by atoms with E-state index in [1.807, 2.05) is 66.7 Å². The highest BCUT2D eigenvalue weighted by Crippen LogP contribution is 2.40. The number of benzene rings is 3. The average molecular weight is 384 g/mol. The normalized spacial score (nSPS) is 11.4. The molecule has 0 aliphatic carbocycles. The van der Waals surface area contributed by atoms with Gasteiger partial charge in [-0.25, -0.2) is 9.98 Å². The molecular formula is C22H16N4OS. The highest BCUT2D eigenvalue weighted by atomic mass is 32.1. The van der Waals surface area contributed by atoms with Crippen molar-refractivity contribution in [1.82, 2.24) is 4.98 Å². The van der Waals surface area contributed by atoms with Gasteiger partial charge in [0.25, 0.3) is 0 Å². The summed E-state index contributed by atoms with van der Waals surface area (Å²) < 4.78 is 0. The number of aromatic hydroxyl groups is 1. The minimum Gasteiger partial charge on any atom is -0.507 e. The zero-order valence-electron chi connectivity index (χ0n) is 14.8. The molecule has 0 saturated heterocycles. The van der Waals surface area contributed by atoms with Crippen molar-refractivity contribution in [3.63, 3.8) is 0 Å². The Bertz CT molecular complexity index is 1120. The van der Waals surface area contributed by atoms with Gasteiger partial charge in [0.05, 0.1) is 5.69 Å². The summed E-state index contributed by atoms with van der Waals surface area (Å²) in [6.45, 7) is 0. The van der Waals surface area contributed by atoms with Gasteiger partial charge < -0.3 is 5.11 Å². The number of azo groups is 1. The van der Waals surface area contributed by atoms with Crippen LogP contribution in [0.1, 0.15) is 5.56 Å². The summed E-state index contributed by atoms with van der Waals surface area (Å²) in [4.78, 5) is 9.04. The predicted molar refractivity (Wildman–Crippen MR) is 114 cm³/mol. The zero-order valence-corrected chi connectivity index (χ0v) is 15.6. The van der Waals surface area contributed by atoms with E-state index >= 15 is 0 Å². The van der Waals surface area contributed by atoms with Gasteiger partial charge in [-0.3, -0.25) is 0 Å². The Balaban J connectivity index is 1.70. The van der Waals surface area contributed by atoms with E-state index in [4.69, 9.17) is 0 Å². The maximum Gasteiger partial charge on any atom is 0.211 e. The van der Waals surface area contributed by atoms with Crippen LogP contribution in [0.5, 0.6) is 5.75 Å². The topological polar surface area (TPSA) is 70.2 Å². The maximum absolute atomic E-state index is 9.89. The van der Waals surface area contributed by atoms with Gasteiger partial charge in [-0.2, -0.15) is 0 Å². The molecule has 1 heterocycles. The van der Waals surface area contributed by atoms with Crippen molar-refractivity contribution in [2.45, 2.75) is 0 Å². The summed E-state index contributed by atoms with van der Waals surface area (Å²) in [6, 6.07) is 26.4. The van der Waals surface area contributed by atoms with E-state index in [0.29, 0.717) is 15.7 Å². The summed E-state index contributed by atoms with van der Waals surface area (Å²) in [6.07, 6.45) is 1.60. The molecule has 0 aliphatic rings. The molecule has 4 rings (SSSR count). The number of hydrogen-bond donors (Lipinski definition) is 1. The Morgan fingerprint density at radius 2 is 1.46 bits per heavy atom. The van der Waals surface area contributed by atoms with Crippen LogP contribution in [0, 0.1) is 0 Å². The number of phenols is 1. The van der Waals surface area contributed by atoms with Crippen molar-refractivity contribution in [3.8, 4) is 17.0 Å². The van der Waals surface area contributed by atoms with Crippen molar-refractivity contribution >= 4 is 33.4 Å². The van der Waals surface area contributed by atoms with E-state index in [0.717, 1.165) is 16.9 Å². The van der Waals surface area contributed by atoms with E-state index in [9.17, 15) is 5.11 Å². The molecule has 0 fully saturated rings. The monoisotopic (exact) mass is 384 g/mol. The smallest absolute Gasteiger partial charge is 0.211 e. The molecule has 6 heteroatoms. The summed E-state index contributed by atoms with van der Waals surface area (Å²) in [5, 5.41) is 19.8. The molecule has 0 saturated carbocycles. The highest BCUT2D eigenvalue weighted by molar-refractivity contribution is 7.19. The van der Waals surface area contributed by atoms with Gasteiger partial charge in [-0.15, -0.1) is 10.2 Å². The summed E-state index contributed by atoms with van der Waals surface area (Å²) in [5.41, 5.74) is 3.08. The van der Waals surface area contributed by atoms with Crippen LogP contribution in [-0.2, 0) is 0 Å². The number of hydrogen-bond acceptors (Lipinski definition) is 6. The molecule has 0 aliphatic heterocycles. The van der Waals surface area contributed by atoms with Crippen LogP contribution < -0.4 is 0 Å². The van der Waals surface area contributed by atoms with Crippen molar-refractivity contribution in [2.24, 2.45) is 15.2 Å². The summed E-state index contributed by atoms with van der Waals surface area (Å²) >= 11 is 1.35. The zero-order chi connectivity index (χ0) is 19.2. The van der Waals surface area contributed by atoms with Gasteiger partial charge in [-0.1, -0.05) is 72.0 Å². The lowest BCUT2D eigenvalue weighted by Gasteiger charge is -1.97. The highest BCUT2D eigenvalue weighted by Gasteiger charge is 2.12. The Hall–Kier alpha value is -3.64. The van der Waals surface area contributed by atoms with Crippen LogP contribution in [0.3, 0.4) is 0 Å². The Morgan fingerprint density at radius 1 is 0.786 bits per heavy atom. The number of aromatic nitrogens is 1. The van der Waals surface area contributed by atoms with E-state index < -0.39 is 0 Å². The lowest BCUT2D eigenvalue weighted by Crippen LogP contribution is -1.81. The SMILES string of the molecule is Oc1ccccc1/C=N/c1nc(-c2ccccc2)c(N=Nc2ccccc2)s1. The van der Waals surface area contributed by atoms with Crippen LogP contribution in [0.15, 0.2) is 100 Å². The predicted octanol–water partition coefficient (Wildman–Crippen LogP) is 6.68. The molecule has 0 unspecified atom stereocenters. The first-order valence-electron chi connectivity index (χ1n) is 8.65. The van der Waals surface area contributed by atoms with Crippen molar-refractivity contribution in [3.05, 3.63) is 90.5 Å². The third kappa shape index (κ3) is 4.19. The average Bonchev–Trinajstić information content (AvgIpc) is 3.16. The molecule has 0 spiro atoms. The fraction of sp³-hybridized carbons (Fsp3) is 0. The van der Waals surface area contributed by atoms with Crippen LogP contribution in [0.25, 0.3) is 11.3 Å². The Labute approximate surface area is 166 Å². The molecule has 0 atom stereocenters. The van der Waals surface area contributed by atoms with E-state index in [1.54, 1.807) is 24.4 Å². The van der Waals surface area contributed by atoms with E-state index in [2.05, 4.69) is 20.2 Å². The van der Waals surface area contributed by atoms with Gasteiger partial charge >= 0.3 is 0 Å². The van der Waals surface area contributed by atoms with Crippen molar-refractivity contribution in [1.29, 1.82) is 0 Å². The van der Waals surface area contributed by atoms with Gasteiger partial charge in [0.15, 0.2) is 5.00 Å². The van der Waals surface area contributed by atoms with Gasteiger partial charge in [0, 0.05) is 17.3 Å². The number of nitrogens with zero attached hydrogens (tertiary/aromatic N) is 4. The molecule has 0 amide bonds. The molecular weight excluding hydrogens is 368 g/mol. The largest absolute Gasteiger partial charge is 0.507 e. The minimum absolute atomic E-state index is 0.176. The number of rotatable bonds is 5. The number of aliphatic imine (C=N–C) groups is 1. The molecule has 1 aromatic heterocycles. The van der Waals surface area contributed by atoms with E-state index in [-0.39, 0.29) is 5.75 Å². The van der Waals surface area contributed by atoms with E-state index in [1.165, 1.54) is 11.3 Å². The van der Waals surface area contributed by atoms with Crippen LogP contribution >= 0.6 is 11.3 Å². The Morgan fingerprint density at radius 3 is 2.21 bits per heavy atom. The number of thiazole rings is 1. The molecule has 0 radical (unpaired) electrons. The fourth-order valence-corrected chi connectivity index (χ4v) is 3.28. The quantitative estimate of drug-likeness (QED) is 0.308. The molecule has 28 heavy (non-hydrogen) atoms. The second-order valence-corrected chi connectivity index (χ2v) is 6.82. The lowest BCUT2D eigenvalue weighted by molar-refractivity contribution is 0.474. The first-order chi connectivity index (χ1) is 13.8. The molecule has 1 N–H and O–H groups in total. The minimum atomic E-state index is 0.176. The van der Waals surface area contributed by atoms with Gasteiger partial charge in [0.2, 0.25) is 5.13 Å². The van der Waals surface area contributed by atoms with Crippen molar-refractivity contribution < 1.29 is 5.11 Å². The molecule has 5 nitrogen and oxygen atoms in total. The second-order valence-electron chi connectivity index (χ2n) is 5.87. The molecule has 4 aromatic rings. The van der Waals surface area contributed by atoms with Crippen LogP contribution in [-0.4, -0.2) is 16.3 Å². The van der Waals surface area contributed by atoms with Crippen LogP contribution in [0.2, 0.25) is 0 Å². The maximum atomic E-state index is 9.89. The van der Waals surface area contributed by atoms with Crippen LogP contribution in [0.4, 0.5) is 15.8 Å². The number of phenolic OH excluding ortho intramolecular Hbond substituents is 1. The third-order valence-electron chi connectivity index (χ3n) is 3.91. The second kappa shape index (κ2) is 8.37. The van der Waals surface area contributed by atoms with Crippen molar-refractivity contribution in [2.75, 3.05) is 0 Å². The molecule has 0 bridgehead atoms. The first kappa shape index (κ1) is 17.8. The van der Waals surface area contributed by atoms with Gasteiger partial charge in [-0.05, 0) is 24.3 Å². The summed E-state index contributed by atoms with van der Waals surface area (Å²) in [7, 11) is 0. The fourth-order valence-electron chi connectivity index (χ4n) is 2.53. The summed E-state index contributed by atoms with van der Waals surface area (Å²) in [5.74, 6) is 0.176. The standard InChI is InChI=1S/C22H16N4OS/c27-19-14-8-7-11-17(19)15-23-22-24-20(16-9-3-1-4-10-16)21(28-22)26-25-18-12-5-2-6-13-18/h1-15,27H/b23-15+,26-25?. The number of para-hydroxylation sites is 1. The third-order valence-corrected chi connectivity index (χ3v) is 4.76. The molecule has 136 valence electrons. The molecule has 3 aromatic carbocycles. The Kier molecular flexibility index (Phi) is 5.31.